The van der Waals surface area contributed by atoms with Crippen LogP contribution in [0.1, 0.15) is 47.5 Å². The summed E-state index contributed by atoms with van der Waals surface area (Å²) in [4.78, 5) is 11.8. The van der Waals surface area contributed by atoms with Crippen LogP contribution in [-0.2, 0) is 14.6 Å². The average Bonchev–Trinajstić information content (AvgIpc) is 3.07. The Morgan fingerprint density at radius 2 is 1.81 bits per heavy atom. The minimum atomic E-state index is -3.78. The molecule has 0 aromatic rings. The molecule has 0 radical (unpaired) electrons. The van der Waals surface area contributed by atoms with Crippen molar-refractivity contribution in [2.45, 2.75) is 63.2 Å². The minimum absolute atomic E-state index is 0.198. The van der Waals surface area contributed by atoms with Crippen molar-refractivity contribution in [2.24, 2.45) is 11.7 Å². The van der Waals surface area contributed by atoms with Crippen molar-refractivity contribution < 1.29 is 17.9 Å². The Morgan fingerprint density at radius 3 is 2.14 bits per heavy atom. The van der Waals surface area contributed by atoms with E-state index < -0.39 is 31.7 Å². The van der Waals surface area contributed by atoms with Crippen molar-refractivity contribution in [3.63, 3.8) is 0 Å². The van der Waals surface area contributed by atoms with Crippen molar-refractivity contribution in [3.05, 3.63) is 0 Å². The van der Waals surface area contributed by atoms with E-state index in [4.69, 9.17) is 15.9 Å². The molecule has 1 saturated carbocycles. The quantitative estimate of drug-likeness (QED) is 0.533. The van der Waals surface area contributed by atoms with Gasteiger partial charge in [0.15, 0.2) is 9.84 Å². The Hall–Kier alpha value is -1.15. The van der Waals surface area contributed by atoms with Gasteiger partial charge in [-0.1, -0.05) is 0 Å². The zero-order chi connectivity index (χ0) is 16.6. The summed E-state index contributed by atoms with van der Waals surface area (Å²) in [5.74, 6) is -0.576. The number of amides is 1. The summed E-state index contributed by atoms with van der Waals surface area (Å²) < 4.78 is 28.5. The number of rotatable bonds is 4. The van der Waals surface area contributed by atoms with Crippen molar-refractivity contribution in [1.29, 1.82) is 5.41 Å². The molecule has 0 bridgehead atoms. The van der Waals surface area contributed by atoms with E-state index in [1.54, 1.807) is 20.8 Å². The Kier molecular flexibility index (Phi) is 4.74. The van der Waals surface area contributed by atoms with E-state index in [2.05, 4.69) is 5.32 Å². The molecule has 0 aromatic heterocycles. The minimum Gasteiger partial charge on any atom is -0.444 e. The molecule has 1 fully saturated rings. The molecule has 0 spiro atoms. The zero-order valence-electron chi connectivity index (χ0n) is 13.2. The Labute approximate surface area is 126 Å². The van der Waals surface area contributed by atoms with E-state index in [9.17, 15) is 13.2 Å². The van der Waals surface area contributed by atoms with Gasteiger partial charge in [-0.25, -0.2) is 13.2 Å². The molecule has 4 N–H and O–H groups in total. The summed E-state index contributed by atoms with van der Waals surface area (Å²) in [6, 6.07) is 0. The highest BCUT2D eigenvalue weighted by molar-refractivity contribution is 7.94. The molecule has 0 aliphatic heterocycles. The Balaban J connectivity index is 2.98. The van der Waals surface area contributed by atoms with Gasteiger partial charge in [0.25, 0.3) is 0 Å². The van der Waals surface area contributed by atoms with Gasteiger partial charge in [-0.05, 0) is 53.4 Å². The predicted octanol–water partition coefficient (Wildman–Crippen LogP) is 1.38. The summed E-state index contributed by atoms with van der Waals surface area (Å²) in [5, 5.41) is 9.19. The van der Waals surface area contributed by atoms with Crippen molar-refractivity contribution in [3.8, 4) is 0 Å². The van der Waals surface area contributed by atoms with Crippen LogP contribution in [-0.4, -0.2) is 36.1 Å². The van der Waals surface area contributed by atoms with Gasteiger partial charge in [-0.3, -0.25) is 10.7 Å². The van der Waals surface area contributed by atoms with Gasteiger partial charge >= 0.3 is 6.09 Å². The highest BCUT2D eigenvalue weighted by Gasteiger charge is 2.56. The molecule has 1 unspecified atom stereocenters. The molecular weight excluding hydrogens is 294 g/mol. The normalized spacial score (nSPS) is 20.3. The third kappa shape index (κ3) is 3.74. The first-order valence-electron chi connectivity index (χ1n) is 6.90. The second-order valence-electron chi connectivity index (χ2n) is 6.63. The van der Waals surface area contributed by atoms with Crippen molar-refractivity contribution in [2.75, 3.05) is 0 Å². The number of alkyl carbamates (subject to hydrolysis) is 1. The van der Waals surface area contributed by atoms with Gasteiger partial charge in [0.1, 0.15) is 21.6 Å². The fourth-order valence-corrected chi connectivity index (χ4v) is 3.94. The lowest BCUT2D eigenvalue weighted by Gasteiger charge is -2.32. The summed E-state index contributed by atoms with van der Waals surface area (Å²) in [7, 11) is -3.78. The molecule has 2 atom stereocenters. The summed E-state index contributed by atoms with van der Waals surface area (Å²) in [5.41, 5.74) is 4.84. The number of nitrogens with one attached hydrogen (secondary N) is 2. The maximum absolute atomic E-state index is 12.5. The Morgan fingerprint density at radius 1 is 1.33 bits per heavy atom. The molecule has 122 valence electrons. The third-order valence-corrected chi connectivity index (χ3v) is 6.26. The number of carbonyl (C=O) groups is 1. The van der Waals surface area contributed by atoms with E-state index in [1.165, 1.54) is 13.8 Å². The molecule has 0 saturated heterocycles. The first-order chi connectivity index (χ1) is 9.32. The fraction of sp³-hybridized carbons (Fsp3) is 0.846. The predicted molar refractivity (Wildman–Crippen MR) is 80.8 cm³/mol. The Bertz CT molecular complexity index is 532. The van der Waals surface area contributed by atoms with Gasteiger partial charge in [0.2, 0.25) is 0 Å². The molecule has 1 rings (SSSR count). The SMILES string of the molecule is CC(N)S(=O)(=O)[C@](C)(C(=N)NC(=O)OC(C)(C)C)C1CC1. The van der Waals surface area contributed by atoms with Crippen LogP contribution >= 0.6 is 0 Å². The zero-order valence-corrected chi connectivity index (χ0v) is 14.0. The molecule has 1 aliphatic rings. The topological polar surface area (TPSA) is 122 Å². The van der Waals surface area contributed by atoms with Gasteiger partial charge < -0.3 is 10.5 Å². The van der Waals surface area contributed by atoms with Gasteiger partial charge in [-0.15, -0.1) is 0 Å². The van der Waals surface area contributed by atoms with E-state index >= 15 is 0 Å². The number of nitrogens with two attached hydrogens (primary N) is 1. The van der Waals surface area contributed by atoms with Crippen LogP contribution in [0.3, 0.4) is 0 Å². The van der Waals surface area contributed by atoms with E-state index in [-0.39, 0.29) is 11.8 Å². The molecule has 1 amide bonds. The molecule has 0 aromatic carbocycles. The van der Waals surface area contributed by atoms with Crippen LogP contribution in [0.5, 0.6) is 0 Å². The van der Waals surface area contributed by atoms with E-state index in [1.807, 2.05) is 0 Å². The molecule has 0 heterocycles. The first kappa shape index (κ1) is 17.9. The molecule has 8 heteroatoms. The third-order valence-electron chi connectivity index (χ3n) is 3.56. The first-order valence-corrected chi connectivity index (χ1v) is 8.45. The lowest BCUT2D eigenvalue weighted by molar-refractivity contribution is 0.0560. The van der Waals surface area contributed by atoms with Gasteiger partial charge in [0, 0.05) is 0 Å². The summed E-state index contributed by atoms with van der Waals surface area (Å²) in [6.07, 6.45) is 0.557. The van der Waals surface area contributed by atoms with Gasteiger partial charge in [0.05, 0.1) is 0 Å². The standard InChI is InChI=1S/C13H25N3O4S/c1-8(14)21(18,19)13(5,9-6-7-9)10(15)16-11(17)20-12(2,3)4/h8-9H,6-7,14H2,1-5H3,(H2,15,16,17)/t8?,13-/m0/s1. The number of hydrogen-bond acceptors (Lipinski definition) is 6. The highest BCUT2D eigenvalue weighted by atomic mass is 32.2. The number of sulfone groups is 1. The number of amidine groups is 1. The number of carbonyl (C=O) groups excluding carboxylic acids is 1. The van der Waals surface area contributed by atoms with Crippen LogP contribution in [0.15, 0.2) is 0 Å². The van der Waals surface area contributed by atoms with Crippen LogP contribution < -0.4 is 11.1 Å². The summed E-state index contributed by atoms with van der Waals surface area (Å²) >= 11 is 0. The monoisotopic (exact) mass is 319 g/mol. The maximum Gasteiger partial charge on any atom is 0.413 e. The number of ether oxygens (including phenoxy) is 1. The fourth-order valence-electron chi connectivity index (χ4n) is 2.13. The largest absolute Gasteiger partial charge is 0.444 e. The average molecular weight is 319 g/mol. The highest BCUT2D eigenvalue weighted by Crippen LogP contribution is 2.45. The van der Waals surface area contributed by atoms with Crippen molar-refractivity contribution in [1.82, 2.24) is 5.32 Å². The number of hydrogen-bond donors (Lipinski definition) is 3. The maximum atomic E-state index is 12.5. The summed E-state index contributed by atoms with van der Waals surface area (Å²) in [6.45, 7) is 7.89. The lowest BCUT2D eigenvalue weighted by Crippen LogP contribution is -2.57. The van der Waals surface area contributed by atoms with Crippen LogP contribution in [0.25, 0.3) is 0 Å². The van der Waals surface area contributed by atoms with Crippen LogP contribution in [0.4, 0.5) is 4.79 Å². The molecule has 21 heavy (non-hydrogen) atoms. The van der Waals surface area contributed by atoms with Crippen LogP contribution in [0.2, 0.25) is 0 Å². The lowest BCUT2D eigenvalue weighted by atomic mass is 10.0. The van der Waals surface area contributed by atoms with Crippen molar-refractivity contribution >= 4 is 21.8 Å². The van der Waals surface area contributed by atoms with E-state index in [0.29, 0.717) is 12.8 Å². The smallest absolute Gasteiger partial charge is 0.413 e. The second-order valence-corrected chi connectivity index (χ2v) is 9.32. The second kappa shape index (κ2) is 5.57. The molecular formula is C13H25N3O4S. The van der Waals surface area contributed by atoms with Gasteiger partial charge in [-0.2, -0.15) is 0 Å². The molecule has 7 nitrogen and oxygen atoms in total. The molecule has 1 aliphatic carbocycles. The van der Waals surface area contributed by atoms with E-state index in [0.717, 1.165) is 0 Å². The van der Waals surface area contributed by atoms with Crippen LogP contribution in [0, 0.1) is 11.3 Å².